The van der Waals surface area contributed by atoms with Gasteiger partial charge in [0.05, 0.1) is 21.5 Å². The number of carbonyl (C=O) groups excluding carboxylic acids is 2. The lowest BCUT2D eigenvalue weighted by Crippen LogP contribution is -2.54. The molecule has 0 bridgehead atoms. The molecule has 1 aromatic carbocycles. The minimum absolute atomic E-state index is 0.0472. The van der Waals surface area contributed by atoms with Crippen LogP contribution in [-0.4, -0.2) is 40.9 Å². The maximum absolute atomic E-state index is 13.2. The van der Waals surface area contributed by atoms with Gasteiger partial charge < -0.3 is 15.6 Å². The summed E-state index contributed by atoms with van der Waals surface area (Å²) in [7, 11) is 0. The van der Waals surface area contributed by atoms with Crippen molar-refractivity contribution in [3.05, 3.63) is 38.4 Å². The van der Waals surface area contributed by atoms with Crippen LogP contribution in [0.5, 0.6) is 0 Å². The van der Waals surface area contributed by atoms with Gasteiger partial charge in [-0.1, -0.05) is 35.3 Å². The van der Waals surface area contributed by atoms with Crippen molar-refractivity contribution in [3.8, 4) is 10.4 Å². The lowest BCUT2D eigenvalue weighted by molar-refractivity contribution is -0.376. The Balaban J connectivity index is 2.75. The Morgan fingerprint density at radius 1 is 1.13 bits per heavy atom. The van der Waals surface area contributed by atoms with Gasteiger partial charge in [0.2, 0.25) is 5.01 Å². The molecule has 0 aliphatic rings. The highest BCUT2D eigenvalue weighted by Gasteiger charge is 2.72. The summed E-state index contributed by atoms with van der Waals surface area (Å²) in [5, 5.41) is 7.04. The van der Waals surface area contributed by atoms with E-state index >= 15 is 0 Å². The lowest BCUT2D eigenvalue weighted by atomic mass is 9.91. The number of alkyl halides is 6. The van der Waals surface area contributed by atoms with Crippen molar-refractivity contribution in [3.63, 3.8) is 0 Å². The number of carbonyl (C=O) groups is 2. The highest BCUT2D eigenvalue weighted by atomic mass is 35.5. The third-order valence-electron chi connectivity index (χ3n) is 3.85. The van der Waals surface area contributed by atoms with E-state index in [1.54, 1.807) is 0 Å². The molecule has 15 heteroatoms. The zero-order chi connectivity index (χ0) is 23.9. The van der Waals surface area contributed by atoms with Crippen molar-refractivity contribution < 1.29 is 45.8 Å². The second kappa shape index (κ2) is 8.45. The summed E-state index contributed by atoms with van der Waals surface area (Å²) in [5.74, 6) is -2.12. The number of nitrogens with two attached hydrogens (primary N) is 1. The van der Waals surface area contributed by atoms with Crippen LogP contribution in [0, 0.1) is 0 Å². The normalized spacial score (nSPS) is 12.7. The Kier molecular flexibility index (Phi) is 6.86. The van der Waals surface area contributed by atoms with E-state index in [2.05, 4.69) is 4.98 Å². The quantitative estimate of drug-likeness (QED) is 0.448. The number of nitrogens with zero attached hydrogens (tertiary/aromatic N) is 1. The number of halogens is 8. The number of aliphatic hydroxyl groups is 1. The summed E-state index contributed by atoms with van der Waals surface area (Å²) in [6, 6.07) is 0.903. The predicted molar refractivity (Wildman–Crippen MR) is 98.1 cm³/mol. The van der Waals surface area contributed by atoms with Crippen LogP contribution < -0.4 is 5.73 Å². The molecule has 0 saturated carbocycles. The van der Waals surface area contributed by atoms with Gasteiger partial charge in [-0.15, -0.1) is 11.3 Å². The summed E-state index contributed by atoms with van der Waals surface area (Å²) in [5.41, 5.74) is -2.81. The van der Waals surface area contributed by atoms with Gasteiger partial charge in [-0.2, -0.15) is 26.3 Å². The van der Waals surface area contributed by atoms with Crippen molar-refractivity contribution in [1.82, 2.24) is 4.98 Å². The van der Waals surface area contributed by atoms with Gasteiger partial charge in [0.1, 0.15) is 5.69 Å². The van der Waals surface area contributed by atoms with Gasteiger partial charge in [-0.25, -0.2) is 9.78 Å². The fraction of sp³-hybridized carbons (Fsp3) is 0.312. The van der Waals surface area contributed by atoms with Crippen LogP contribution in [0.25, 0.3) is 10.4 Å². The Labute approximate surface area is 183 Å². The van der Waals surface area contributed by atoms with Crippen LogP contribution in [0.4, 0.5) is 26.3 Å². The average Bonchev–Trinajstić information content (AvgIpc) is 3.07. The largest absolute Gasteiger partial charge is 0.461 e. The smallest absolute Gasteiger partial charge is 0.430 e. The lowest BCUT2D eigenvalue weighted by Gasteiger charge is -2.33. The van der Waals surface area contributed by atoms with Crippen molar-refractivity contribution in [2.24, 2.45) is 5.73 Å². The van der Waals surface area contributed by atoms with E-state index in [-0.39, 0.29) is 28.1 Å². The molecule has 0 aliphatic heterocycles. The topological polar surface area (TPSA) is 103 Å². The van der Waals surface area contributed by atoms with E-state index in [4.69, 9.17) is 33.7 Å². The molecule has 31 heavy (non-hydrogen) atoms. The highest BCUT2D eigenvalue weighted by molar-refractivity contribution is 7.17. The van der Waals surface area contributed by atoms with E-state index in [1.165, 1.54) is 6.92 Å². The maximum atomic E-state index is 13.2. The van der Waals surface area contributed by atoms with Crippen LogP contribution in [0.1, 0.15) is 32.8 Å². The molecule has 0 radical (unpaired) electrons. The van der Waals surface area contributed by atoms with Crippen molar-refractivity contribution in [2.45, 2.75) is 24.9 Å². The molecule has 2 rings (SSSR count). The monoisotopic (exact) mass is 510 g/mol. The number of esters is 1. The van der Waals surface area contributed by atoms with Crippen LogP contribution >= 0.6 is 34.5 Å². The van der Waals surface area contributed by atoms with Crippen molar-refractivity contribution in [2.75, 3.05) is 6.61 Å². The summed E-state index contributed by atoms with van der Waals surface area (Å²) >= 11 is 12.1. The minimum Gasteiger partial charge on any atom is -0.461 e. The fourth-order valence-electron chi connectivity index (χ4n) is 2.42. The number of amides is 1. The molecule has 3 N–H and O–H groups in total. The van der Waals surface area contributed by atoms with Gasteiger partial charge in [-0.05, 0) is 6.92 Å². The SMILES string of the molecule is CCOC(=O)c1nc(C(N)=O)c(-c2ccc(C(O)(C(F)(F)F)C(F)(F)F)c(Cl)c2Cl)s1. The third-order valence-corrected chi connectivity index (χ3v) is 5.80. The summed E-state index contributed by atoms with van der Waals surface area (Å²) in [6.07, 6.45) is -12.4. The highest BCUT2D eigenvalue weighted by Crippen LogP contribution is 2.53. The van der Waals surface area contributed by atoms with E-state index in [0.717, 1.165) is 0 Å². The van der Waals surface area contributed by atoms with Crippen molar-refractivity contribution >= 4 is 46.4 Å². The number of benzene rings is 1. The standard InChI is InChI=1S/C16H10Cl2F6N2O4S/c1-2-30-13(28)12-26-9(11(25)27)10(31-12)5-3-4-6(8(18)7(5)17)14(29,15(19,20)21)16(22,23)24/h3-4,29H,2H2,1H3,(H2,25,27). The Morgan fingerprint density at radius 2 is 1.68 bits per heavy atom. The fourth-order valence-corrected chi connectivity index (χ4v) is 4.03. The number of hydrogen-bond donors (Lipinski definition) is 2. The second-order valence-corrected chi connectivity index (χ2v) is 7.53. The molecule has 2 aromatic rings. The van der Waals surface area contributed by atoms with E-state index in [1.807, 2.05) is 0 Å². The van der Waals surface area contributed by atoms with Crippen LogP contribution in [-0.2, 0) is 10.3 Å². The molecule has 0 aliphatic carbocycles. The third kappa shape index (κ3) is 4.31. The molecule has 6 nitrogen and oxygen atoms in total. The molecule has 1 heterocycles. The number of aromatic nitrogens is 1. The Morgan fingerprint density at radius 3 is 2.13 bits per heavy atom. The number of primary amides is 1. The molecule has 0 unspecified atom stereocenters. The van der Waals surface area contributed by atoms with E-state index in [0.29, 0.717) is 17.4 Å². The van der Waals surface area contributed by atoms with Gasteiger partial charge in [0.15, 0.2) is 0 Å². The Hall–Kier alpha value is -2.09. The molecule has 0 saturated heterocycles. The molecule has 1 aromatic heterocycles. The Bertz CT molecular complexity index is 1020. The first-order valence-electron chi connectivity index (χ1n) is 7.90. The molecular weight excluding hydrogens is 501 g/mol. The van der Waals surface area contributed by atoms with Crippen molar-refractivity contribution in [1.29, 1.82) is 0 Å². The predicted octanol–water partition coefficient (Wildman–Crippen LogP) is 4.70. The summed E-state index contributed by atoms with van der Waals surface area (Å²) in [6.45, 7) is 1.44. The molecule has 170 valence electrons. The first-order chi connectivity index (χ1) is 14.1. The molecular formula is C16H10Cl2F6N2O4S. The van der Waals surface area contributed by atoms with Gasteiger partial charge in [0.25, 0.3) is 11.5 Å². The molecule has 1 amide bonds. The van der Waals surface area contributed by atoms with Gasteiger partial charge >= 0.3 is 18.3 Å². The zero-order valence-corrected chi connectivity index (χ0v) is 17.3. The van der Waals surface area contributed by atoms with Crippen LogP contribution in [0.2, 0.25) is 10.0 Å². The minimum atomic E-state index is -6.19. The molecule has 0 fully saturated rings. The number of hydrogen-bond acceptors (Lipinski definition) is 6. The molecule has 0 atom stereocenters. The number of ether oxygens (including phenoxy) is 1. The summed E-state index contributed by atoms with van der Waals surface area (Å²) < 4.78 is 83.7. The molecule has 0 spiro atoms. The zero-order valence-electron chi connectivity index (χ0n) is 15.0. The first-order valence-corrected chi connectivity index (χ1v) is 9.47. The van der Waals surface area contributed by atoms with Gasteiger partial charge in [-0.3, -0.25) is 4.79 Å². The number of rotatable bonds is 5. The second-order valence-electron chi connectivity index (χ2n) is 5.78. The van der Waals surface area contributed by atoms with E-state index < -0.39 is 51.1 Å². The van der Waals surface area contributed by atoms with Gasteiger partial charge in [0, 0.05) is 11.1 Å². The van der Waals surface area contributed by atoms with Crippen LogP contribution in [0.15, 0.2) is 12.1 Å². The maximum Gasteiger partial charge on any atom is 0.430 e. The number of thiazole rings is 1. The van der Waals surface area contributed by atoms with E-state index in [9.17, 15) is 41.0 Å². The first kappa shape index (κ1) is 25.2. The van der Waals surface area contributed by atoms with Crippen LogP contribution in [0.3, 0.4) is 0 Å². The summed E-state index contributed by atoms with van der Waals surface area (Å²) in [4.78, 5) is 27.0. The average molecular weight is 511 g/mol.